The zero-order valence-corrected chi connectivity index (χ0v) is 12.8. The molecule has 1 aliphatic rings. The van der Waals surface area contributed by atoms with Crippen molar-refractivity contribution in [2.24, 2.45) is 22.7 Å². The Morgan fingerprint density at radius 1 is 1.30 bits per heavy atom. The predicted octanol–water partition coefficient (Wildman–Crippen LogP) is 2.58. The molecule has 116 valence electrons. The number of nitrogens with two attached hydrogens (primary N) is 1. The molecule has 0 aromatic carbocycles. The third-order valence-electron chi connectivity index (χ3n) is 4.26. The molecule has 1 amide bonds. The van der Waals surface area contributed by atoms with Gasteiger partial charge in [0, 0.05) is 24.9 Å². The summed E-state index contributed by atoms with van der Waals surface area (Å²) in [4.78, 5) is 14.5. The van der Waals surface area contributed by atoms with Gasteiger partial charge in [0.15, 0.2) is 0 Å². The van der Waals surface area contributed by atoms with Crippen LogP contribution in [0.5, 0.6) is 0 Å². The number of amides is 1. The first-order valence-corrected chi connectivity index (χ1v) is 7.86. The van der Waals surface area contributed by atoms with Gasteiger partial charge in [-0.3, -0.25) is 4.79 Å². The van der Waals surface area contributed by atoms with Crippen molar-refractivity contribution in [3.05, 3.63) is 0 Å². The SMILES string of the molecule is CCN(CC(C)C(N)=NO)C(=O)C1CCCCCCC1. The van der Waals surface area contributed by atoms with E-state index in [0.717, 1.165) is 25.7 Å². The van der Waals surface area contributed by atoms with Crippen LogP contribution in [0.2, 0.25) is 0 Å². The summed E-state index contributed by atoms with van der Waals surface area (Å²) in [7, 11) is 0. The van der Waals surface area contributed by atoms with Gasteiger partial charge in [-0.1, -0.05) is 44.2 Å². The average molecular weight is 283 g/mol. The van der Waals surface area contributed by atoms with Gasteiger partial charge in [-0.05, 0) is 19.8 Å². The van der Waals surface area contributed by atoms with E-state index in [-0.39, 0.29) is 23.6 Å². The molecule has 0 aliphatic heterocycles. The molecule has 0 spiro atoms. The predicted molar refractivity (Wildman–Crippen MR) is 80.6 cm³/mol. The lowest BCUT2D eigenvalue weighted by atomic mass is 9.90. The van der Waals surface area contributed by atoms with Crippen LogP contribution in [0.1, 0.15) is 58.8 Å². The molecule has 0 heterocycles. The molecule has 0 radical (unpaired) electrons. The van der Waals surface area contributed by atoms with E-state index in [1.807, 2.05) is 18.7 Å². The molecule has 1 rings (SSSR count). The monoisotopic (exact) mass is 283 g/mol. The summed E-state index contributed by atoms with van der Waals surface area (Å²) in [5.74, 6) is 0.480. The van der Waals surface area contributed by atoms with E-state index in [1.54, 1.807) is 0 Å². The molecule has 5 heteroatoms. The van der Waals surface area contributed by atoms with Crippen LogP contribution in [0.15, 0.2) is 5.16 Å². The van der Waals surface area contributed by atoms with E-state index in [4.69, 9.17) is 10.9 Å². The van der Waals surface area contributed by atoms with Gasteiger partial charge < -0.3 is 15.8 Å². The number of hydrogen-bond donors (Lipinski definition) is 2. The van der Waals surface area contributed by atoms with Gasteiger partial charge in [0.25, 0.3) is 0 Å². The molecular formula is C15H29N3O2. The minimum atomic E-state index is -0.113. The minimum Gasteiger partial charge on any atom is -0.409 e. The Hall–Kier alpha value is -1.26. The smallest absolute Gasteiger partial charge is 0.225 e. The standard InChI is InChI=1S/C15H29N3O2/c1-3-18(11-12(2)14(16)17-20)15(19)13-9-7-5-4-6-8-10-13/h12-13,20H,3-11H2,1-2H3,(H2,16,17). The molecule has 5 nitrogen and oxygen atoms in total. The van der Waals surface area contributed by atoms with Crippen molar-refractivity contribution in [3.63, 3.8) is 0 Å². The van der Waals surface area contributed by atoms with Crippen LogP contribution in [0, 0.1) is 11.8 Å². The number of hydrogen-bond acceptors (Lipinski definition) is 3. The second kappa shape index (κ2) is 8.82. The number of carbonyl (C=O) groups excluding carboxylic acids is 1. The summed E-state index contributed by atoms with van der Waals surface area (Å²) < 4.78 is 0. The van der Waals surface area contributed by atoms with Crippen molar-refractivity contribution >= 4 is 11.7 Å². The first kappa shape index (κ1) is 16.8. The maximum absolute atomic E-state index is 12.6. The molecule has 20 heavy (non-hydrogen) atoms. The molecule has 0 bridgehead atoms. The van der Waals surface area contributed by atoms with Crippen molar-refractivity contribution in [1.29, 1.82) is 0 Å². The van der Waals surface area contributed by atoms with E-state index in [9.17, 15) is 4.79 Å². The highest BCUT2D eigenvalue weighted by Crippen LogP contribution is 2.24. The quantitative estimate of drug-likeness (QED) is 0.352. The van der Waals surface area contributed by atoms with E-state index < -0.39 is 0 Å². The lowest BCUT2D eigenvalue weighted by molar-refractivity contribution is -0.136. The van der Waals surface area contributed by atoms with E-state index in [0.29, 0.717) is 13.1 Å². The fourth-order valence-electron chi connectivity index (χ4n) is 2.86. The van der Waals surface area contributed by atoms with Crippen LogP contribution >= 0.6 is 0 Å². The molecule has 0 saturated heterocycles. The van der Waals surface area contributed by atoms with Crippen molar-refractivity contribution in [1.82, 2.24) is 4.90 Å². The summed E-state index contributed by atoms with van der Waals surface area (Å²) in [6.45, 7) is 5.07. The second-order valence-corrected chi connectivity index (χ2v) is 5.84. The Balaban J connectivity index is 2.60. The number of oxime groups is 1. The van der Waals surface area contributed by atoms with Gasteiger partial charge in [0.05, 0.1) is 0 Å². The maximum atomic E-state index is 12.6. The highest BCUT2D eigenvalue weighted by molar-refractivity contribution is 5.83. The van der Waals surface area contributed by atoms with Gasteiger partial charge in [-0.2, -0.15) is 0 Å². The van der Waals surface area contributed by atoms with Crippen molar-refractivity contribution in [2.75, 3.05) is 13.1 Å². The lowest BCUT2D eigenvalue weighted by Gasteiger charge is -2.29. The van der Waals surface area contributed by atoms with Crippen LogP contribution in [0.25, 0.3) is 0 Å². The summed E-state index contributed by atoms with van der Waals surface area (Å²) in [5, 5.41) is 11.7. The van der Waals surface area contributed by atoms with Crippen molar-refractivity contribution < 1.29 is 10.0 Å². The summed E-state index contributed by atoms with van der Waals surface area (Å²) in [5.41, 5.74) is 5.61. The summed E-state index contributed by atoms with van der Waals surface area (Å²) in [6.07, 6.45) is 8.12. The Morgan fingerprint density at radius 2 is 1.85 bits per heavy atom. The van der Waals surface area contributed by atoms with E-state index >= 15 is 0 Å². The Morgan fingerprint density at radius 3 is 2.35 bits per heavy atom. The first-order valence-electron chi connectivity index (χ1n) is 7.86. The molecule has 1 saturated carbocycles. The highest BCUT2D eigenvalue weighted by atomic mass is 16.4. The van der Waals surface area contributed by atoms with Gasteiger partial charge in [-0.15, -0.1) is 0 Å². The fraction of sp³-hybridized carbons (Fsp3) is 0.867. The average Bonchev–Trinajstić information content (AvgIpc) is 2.42. The van der Waals surface area contributed by atoms with E-state index in [2.05, 4.69) is 5.16 Å². The normalized spacial score (nSPS) is 20.0. The highest BCUT2D eigenvalue weighted by Gasteiger charge is 2.25. The van der Waals surface area contributed by atoms with Gasteiger partial charge in [-0.25, -0.2) is 0 Å². The molecule has 1 fully saturated rings. The number of carbonyl (C=O) groups is 1. The number of rotatable bonds is 5. The lowest BCUT2D eigenvalue weighted by Crippen LogP contribution is -2.41. The number of amidine groups is 1. The Kier molecular flexibility index (Phi) is 7.41. The van der Waals surface area contributed by atoms with Crippen molar-refractivity contribution in [3.8, 4) is 0 Å². The second-order valence-electron chi connectivity index (χ2n) is 5.84. The minimum absolute atomic E-state index is 0.113. The van der Waals surface area contributed by atoms with Gasteiger partial charge >= 0.3 is 0 Å². The van der Waals surface area contributed by atoms with Crippen LogP contribution in [0.4, 0.5) is 0 Å². The van der Waals surface area contributed by atoms with E-state index in [1.165, 1.54) is 19.3 Å². The van der Waals surface area contributed by atoms with Gasteiger partial charge in [0.2, 0.25) is 5.91 Å². The van der Waals surface area contributed by atoms with Crippen molar-refractivity contribution in [2.45, 2.75) is 58.8 Å². The molecule has 3 N–H and O–H groups in total. The topological polar surface area (TPSA) is 78.9 Å². The molecule has 0 aromatic heterocycles. The largest absolute Gasteiger partial charge is 0.409 e. The number of nitrogens with zero attached hydrogens (tertiary/aromatic N) is 2. The molecule has 1 unspecified atom stereocenters. The Labute approximate surface area is 122 Å². The third-order valence-corrected chi connectivity index (χ3v) is 4.26. The zero-order chi connectivity index (χ0) is 15.0. The molecular weight excluding hydrogens is 254 g/mol. The fourth-order valence-corrected chi connectivity index (χ4v) is 2.86. The molecule has 0 aromatic rings. The molecule has 1 aliphatic carbocycles. The van der Waals surface area contributed by atoms with Crippen LogP contribution in [0.3, 0.4) is 0 Å². The first-order chi connectivity index (χ1) is 9.60. The Bertz CT molecular complexity index is 323. The van der Waals surface area contributed by atoms with Crippen LogP contribution < -0.4 is 5.73 Å². The third kappa shape index (κ3) is 5.02. The van der Waals surface area contributed by atoms with Gasteiger partial charge in [0.1, 0.15) is 5.84 Å². The summed E-state index contributed by atoms with van der Waals surface area (Å²) in [6, 6.07) is 0. The van der Waals surface area contributed by atoms with Crippen LogP contribution in [-0.2, 0) is 4.79 Å². The zero-order valence-electron chi connectivity index (χ0n) is 12.8. The van der Waals surface area contributed by atoms with Crippen LogP contribution in [-0.4, -0.2) is 34.9 Å². The summed E-state index contributed by atoms with van der Waals surface area (Å²) >= 11 is 0. The molecule has 1 atom stereocenters. The maximum Gasteiger partial charge on any atom is 0.225 e.